The molecule has 2 atom stereocenters. The molecule has 1 saturated carbocycles. The Morgan fingerprint density at radius 2 is 2.09 bits per heavy atom. The highest BCUT2D eigenvalue weighted by Gasteiger charge is 2.65. The van der Waals surface area contributed by atoms with Gasteiger partial charge in [-0.25, -0.2) is 4.68 Å². The average molecular weight is 301 g/mol. The molecule has 2 N–H and O–H groups in total. The van der Waals surface area contributed by atoms with E-state index in [1.165, 1.54) is 11.0 Å². The van der Waals surface area contributed by atoms with E-state index in [0.717, 1.165) is 0 Å². The first-order valence-corrected chi connectivity index (χ1v) is 6.78. The summed E-state index contributed by atoms with van der Waals surface area (Å²) in [5, 5.41) is 22.8. The summed E-state index contributed by atoms with van der Waals surface area (Å²) in [5.74, 6) is -2.39. The Balaban J connectivity index is 1.76. The smallest absolute Gasteiger partial charge is 0.307 e. The van der Waals surface area contributed by atoms with E-state index in [4.69, 9.17) is 5.11 Å². The van der Waals surface area contributed by atoms with Gasteiger partial charge >= 0.3 is 5.97 Å². The lowest BCUT2D eigenvalue weighted by Gasteiger charge is -2.07. The quantitative estimate of drug-likeness (QED) is 0.870. The fourth-order valence-corrected chi connectivity index (χ4v) is 2.81. The van der Waals surface area contributed by atoms with E-state index in [1.807, 2.05) is 0 Å². The van der Waals surface area contributed by atoms with Gasteiger partial charge in [-0.3, -0.25) is 9.59 Å². The number of hydrogen-bond donors (Lipinski definition) is 2. The minimum Gasteiger partial charge on any atom is -0.481 e. The van der Waals surface area contributed by atoms with Gasteiger partial charge in [-0.05, 0) is 34.0 Å². The van der Waals surface area contributed by atoms with Gasteiger partial charge in [0, 0.05) is 5.69 Å². The molecule has 1 aliphatic rings. The molecule has 0 bridgehead atoms. The highest BCUT2D eigenvalue weighted by molar-refractivity contribution is 5.99. The summed E-state index contributed by atoms with van der Waals surface area (Å²) in [6.07, 6.45) is 1.45. The van der Waals surface area contributed by atoms with Crippen LogP contribution in [-0.2, 0) is 9.59 Å². The molecule has 8 nitrogen and oxygen atoms in total. The average Bonchev–Trinajstić information content (AvgIpc) is 2.84. The van der Waals surface area contributed by atoms with Crippen LogP contribution in [0, 0.1) is 17.3 Å². The molecule has 1 aromatic carbocycles. The van der Waals surface area contributed by atoms with Gasteiger partial charge in [-0.2, -0.15) is 0 Å². The van der Waals surface area contributed by atoms with Crippen molar-refractivity contribution in [2.45, 2.75) is 13.8 Å². The maximum Gasteiger partial charge on any atom is 0.307 e. The van der Waals surface area contributed by atoms with Crippen LogP contribution in [0.25, 0.3) is 5.69 Å². The number of anilines is 1. The highest BCUT2D eigenvalue weighted by Crippen LogP contribution is 2.58. The third-order valence-electron chi connectivity index (χ3n) is 4.10. The molecular formula is C14H15N5O3. The highest BCUT2D eigenvalue weighted by atomic mass is 16.4. The van der Waals surface area contributed by atoms with Crippen LogP contribution in [0.1, 0.15) is 13.8 Å². The summed E-state index contributed by atoms with van der Waals surface area (Å²) in [4.78, 5) is 23.4. The van der Waals surface area contributed by atoms with Crippen LogP contribution in [0.2, 0.25) is 0 Å². The van der Waals surface area contributed by atoms with Crippen LogP contribution in [0.15, 0.2) is 30.6 Å². The van der Waals surface area contributed by atoms with Crippen molar-refractivity contribution in [1.82, 2.24) is 20.2 Å². The predicted molar refractivity (Wildman–Crippen MR) is 76.2 cm³/mol. The molecule has 1 aromatic heterocycles. The van der Waals surface area contributed by atoms with Crippen molar-refractivity contribution in [1.29, 1.82) is 0 Å². The van der Waals surface area contributed by atoms with E-state index in [1.54, 1.807) is 38.1 Å². The molecule has 0 radical (unpaired) electrons. The van der Waals surface area contributed by atoms with E-state index in [9.17, 15) is 9.59 Å². The third kappa shape index (κ3) is 2.32. The second kappa shape index (κ2) is 4.90. The number of rotatable bonds is 4. The van der Waals surface area contributed by atoms with Gasteiger partial charge in [0.15, 0.2) is 0 Å². The lowest BCUT2D eigenvalue weighted by Crippen LogP contribution is -2.17. The number of carboxylic acids is 1. The first-order chi connectivity index (χ1) is 10.4. The minimum absolute atomic E-state index is 0.286. The maximum atomic E-state index is 12.3. The van der Waals surface area contributed by atoms with Crippen molar-refractivity contribution in [2.24, 2.45) is 17.3 Å². The standard InChI is InChI=1S/C14H15N5O3/c1-14(2)10(11(14)13(21)22)12(20)16-8-4-3-5-9(6-8)19-7-15-17-18-19/h3-7,10-11H,1-2H3,(H,16,20)(H,21,22)/t10-,11-/m0/s1. The monoisotopic (exact) mass is 301 g/mol. The molecule has 0 unspecified atom stereocenters. The Hall–Kier alpha value is -2.77. The van der Waals surface area contributed by atoms with Crippen LogP contribution in [0.3, 0.4) is 0 Å². The predicted octanol–water partition coefficient (Wildman–Crippen LogP) is 0.958. The lowest BCUT2D eigenvalue weighted by molar-refractivity contribution is -0.140. The molecule has 114 valence electrons. The van der Waals surface area contributed by atoms with Gasteiger partial charge in [0.25, 0.3) is 0 Å². The number of amides is 1. The number of benzene rings is 1. The molecular weight excluding hydrogens is 286 g/mol. The number of carbonyl (C=O) groups excluding carboxylic acids is 1. The first-order valence-electron chi connectivity index (χ1n) is 6.78. The molecule has 0 aliphatic heterocycles. The van der Waals surface area contributed by atoms with Crippen molar-refractivity contribution in [3.05, 3.63) is 30.6 Å². The molecule has 0 saturated heterocycles. The fraction of sp³-hybridized carbons (Fsp3) is 0.357. The lowest BCUT2D eigenvalue weighted by atomic mass is 10.1. The summed E-state index contributed by atoms with van der Waals surface area (Å²) in [5.41, 5.74) is 0.751. The van der Waals surface area contributed by atoms with Crippen LogP contribution in [0.5, 0.6) is 0 Å². The Morgan fingerprint density at radius 3 is 2.68 bits per heavy atom. The van der Waals surface area contributed by atoms with Crippen molar-refractivity contribution in [3.8, 4) is 5.69 Å². The molecule has 1 heterocycles. The Kier molecular flexibility index (Phi) is 3.16. The van der Waals surface area contributed by atoms with Crippen molar-refractivity contribution in [2.75, 3.05) is 5.32 Å². The molecule has 2 aromatic rings. The van der Waals surface area contributed by atoms with Crippen LogP contribution >= 0.6 is 0 Å². The summed E-state index contributed by atoms with van der Waals surface area (Å²) in [6, 6.07) is 7.02. The summed E-state index contributed by atoms with van der Waals surface area (Å²) in [6.45, 7) is 3.57. The van der Waals surface area contributed by atoms with E-state index in [-0.39, 0.29) is 5.91 Å². The number of carboxylic acid groups (broad SMARTS) is 1. The fourth-order valence-electron chi connectivity index (χ4n) is 2.81. The van der Waals surface area contributed by atoms with Crippen molar-refractivity contribution >= 4 is 17.6 Å². The Labute approximate surface area is 126 Å². The van der Waals surface area contributed by atoms with Gasteiger partial charge < -0.3 is 10.4 Å². The Bertz CT molecular complexity index is 726. The molecule has 22 heavy (non-hydrogen) atoms. The Morgan fingerprint density at radius 1 is 1.32 bits per heavy atom. The zero-order chi connectivity index (χ0) is 15.9. The van der Waals surface area contributed by atoms with Crippen molar-refractivity contribution in [3.63, 3.8) is 0 Å². The second-order valence-corrected chi connectivity index (χ2v) is 5.91. The normalized spacial score (nSPS) is 22.1. The van der Waals surface area contributed by atoms with E-state index >= 15 is 0 Å². The molecule has 1 fully saturated rings. The first kappa shape index (κ1) is 14.2. The summed E-state index contributed by atoms with van der Waals surface area (Å²) >= 11 is 0. The summed E-state index contributed by atoms with van der Waals surface area (Å²) < 4.78 is 1.47. The topological polar surface area (TPSA) is 110 Å². The zero-order valence-electron chi connectivity index (χ0n) is 12.1. The largest absolute Gasteiger partial charge is 0.481 e. The maximum absolute atomic E-state index is 12.3. The number of hydrogen-bond acceptors (Lipinski definition) is 5. The number of nitrogens with one attached hydrogen (secondary N) is 1. The number of carbonyl (C=O) groups is 2. The molecule has 3 rings (SSSR count). The summed E-state index contributed by atoms with van der Waals surface area (Å²) in [7, 11) is 0. The third-order valence-corrected chi connectivity index (χ3v) is 4.10. The number of aromatic nitrogens is 4. The molecule has 0 spiro atoms. The number of tetrazole rings is 1. The van der Waals surface area contributed by atoms with Gasteiger partial charge in [0.2, 0.25) is 5.91 Å². The van der Waals surface area contributed by atoms with E-state index < -0.39 is 23.2 Å². The van der Waals surface area contributed by atoms with Crippen LogP contribution in [-0.4, -0.2) is 37.2 Å². The molecule has 8 heteroatoms. The van der Waals surface area contributed by atoms with Crippen molar-refractivity contribution < 1.29 is 14.7 Å². The number of aliphatic carboxylic acids is 1. The molecule has 1 amide bonds. The second-order valence-electron chi connectivity index (χ2n) is 5.91. The SMILES string of the molecule is CC1(C)[C@H](C(=O)O)[C@H]1C(=O)Nc1cccc(-n2cnnn2)c1. The van der Waals surface area contributed by atoms with E-state index in [2.05, 4.69) is 20.8 Å². The van der Waals surface area contributed by atoms with Gasteiger partial charge in [0.1, 0.15) is 6.33 Å². The molecule has 1 aliphatic carbocycles. The zero-order valence-corrected chi connectivity index (χ0v) is 12.1. The van der Waals surface area contributed by atoms with Crippen LogP contribution in [0.4, 0.5) is 5.69 Å². The van der Waals surface area contributed by atoms with Crippen LogP contribution < -0.4 is 5.32 Å². The minimum atomic E-state index is -0.937. The van der Waals surface area contributed by atoms with Gasteiger partial charge in [-0.15, -0.1) is 5.10 Å². The van der Waals surface area contributed by atoms with Gasteiger partial charge in [-0.1, -0.05) is 19.9 Å². The van der Waals surface area contributed by atoms with Gasteiger partial charge in [0.05, 0.1) is 17.5 Å². The number of nitrogens with zero attached hydrogens (tertiary/aromatic N) is 4. The van der Waals surface area contributed by atoms with E-state index in [0.29, 0.717) is 11.4 Å².